The highest BCUT2D eigenvalue weighted by molar-refractivity contribution is 5.79. The number of nitrogens with zero attached hydrogens (tertiary/aromatic N) is 1. The highest BCUT2D eigenvalue weighted by atomic mass is 16.7. The minimum absolute atomic E-state index is 0.00554. The van der Waals surface area contributed by atoms with Crippen LogP contribution in [0.25, 0.3) is 0 Å². The molecule has 1 aliphatic rings. The van der Waals surface area contributed by atoms with Gasteiger partial charge in [0.05, 0.1) is 0 Å². The van der Waals surface area contributed by atoms with E-state index in [0.717, 1.165) is 0 Å². The van der Waals surface area contributed by atoms with Crippen molar-refractivity contribution in [1.82, 2.24) is 10.4 Å². The Morgan fingerprint density at radius 3 is 2.41 bits per heavy atom. The van der Waals surface area contributed by atoms with Crippen LogP contribution >= 0.6 is 0 Å². The van der Waals surface area contributed by atoms with E-state index in [1.54, 1.807) is 4.90 Å². The van der Waals surface area contributed by atoms with Crippen molar-refractivity contribution in [3.63, 3.8) is 0 Å². The average molecular weight is 244 g/mol. The number of hydroxylamine groups is 1. The maximum absolute atomic E-state index is 11.5. The van der Waals surface area contributed by atoms with Crippen LogP contribution in [-0.4, -0.2) is 47.5 Å². The van der Waals surface area contributed by atoms with Crippen LogP contribution in [0.5, 0.6) is 0 Å². The smallest absolute Gasteiger partial charge is 0.332 e. The summed E-state index contributed by atoms with van der Waals surface area (Å²) in [6.07, 6.45) is 1.14. The van der Waals surface area contributed by atoms with Gasteiger partial charge in [-0.05, 0) is 12.8 Å². The van der Waals surface area contributed by atoms with Gasteiger partial charge in [0.1, 0.15) is 0 Å². The average Bonchev–Trinajstić information content (AvgIpc) is 2.28. The number of carbonyl (C=O) groups excluding carboxylic acids is 2. The van der Waals surface area contributed by atoms with Crippen LogP contribution in [0, 0.1) is 5.92 Å². The molecule has 1 heterocycles. The van der Waals surface area contributed by atoms with Crippen LogP contribution in [0.4, 0.5) is 0 Å². The van der Waals surface area contributed by atoms with Crippen molar-refractivity contribution in [2.24, 2.45) is 5.92 Å². The van der Waals surface area contributed by atoms with Crippen molar-refractivity contribution in [2.75, 3.05) is 19.7 Å². The van der Waals surface area contributed by atoms with E-state index in [4.69, 9.17) is 5.11 Å². The zero-order chi connectivity index (χ0) is 12.8. The molecule has 2 amide bonds. The summed E-state index contributed by atoms with van der Waals surface area (Å²) in [5.41, 5.74) is 2.10. The van der Waals surface area contributed by atoms with E-state index in [2.05, 4.69) is 10.3 Å². The largest absolute Gasteiger partial charge is 0.479 e. The van der Waals surface area contributed by atoms with Gasteiger partial charge in [0.2, 0.25) is 11.8 Å². The first kappa shape index (κ1) is 13.4. The molecule has 0 aliphatic carbocycles. The zero-order valence-corrected chi connectivity index (χ0v) is 9.64. The van der Waals surface area contributed by atoms with E-state index in [9.17, 15) is 14.4 Å². The first-order chi connectivity index (χ1) is 8.00. The molecule has 1 saturated heterocycles. The van der Waals surface area contributed by atoms with Gasteiger partial charge in [0, 0.05) is 25.9 Å². The first-order valence-electron chi connectivity index (χ1n) is 5.39. The minimum Gasteiger partial charge on any atom is -0.479 e. The predicted octanol–water partition coefficient (Wildman–Crippen LogP) is -0.623. The van der Waals surface area contributed by atoms with Gasteiger partial charge in [-0.1, -0.05) is 0 Å². The summed E-state index contributed by atoms with van der Waals surface area (Å²) in [5.74, 6) is -1.68. The van der Waals surface area contributed by atoms with Crippen LogP contribution in [-0.2, 0) is 19.2 Å². The molecule has 1 rings (SSSR count). The van der Waals surface area contributed by atoms with Gasteiger partial charge in [0.15, 0.2) is 6.61 Å². The van der Waals surface area contributed by atoms with E-state index in [0.29, 0.717) is 25.9 Å². The van der Waals surface area contributed by atoms with Gasteiger partial charge in [0.25, 0.3) is 0 Å². The number of carbonyl (C=O) groups is 3. The molecule has 17 heavy (non-hydrogen) atoms. The molecule has 2 N–H and O–H groups in total. The molecule has 7 heteroatoms. The van der Waals surface area contributed by atoms with E-state index < -0.39 is 12.6 Å². The molecule has 7 nitrogen and oxygen atoms in total. The Labute approximate surface area is 98.7 Å². The highest BCUT2D eigenvalue weighted by Gasteiger charge is 2.26. The minimum atomic E-state index is -1.14. The number of hydrogen-bond acceptors (Lipinski definition) is 4. The number of hydrogen-bond donors (Lipinski definition) is 2. The fourth-order valence-electron chi connectivity index (χ4n) is 1.71. The Kier molecular flexibility index (Phi) is 4.89. The van der Waals surface area contributed by atoms with E-state index in [1.807, 2.05) is 0 Å². The van der Waals surface area contributed by atoms with Gasteiger partial charge in [-0.15, -0.1) is 0 Å². The van der Waals surface area contributed by atoms with E-state index >= 15 is 0 Å². The molecule has 0 radical (unpaired) electrons. The van der Waals surface area contributed by atoms with Crippen LogP contribution < -0.4 is 5.48 Å². The second-order valence-corrected chi connectivity index (χ2v) is 3.93. The molecule has 0 aromatic heterocycles. The summed E-state index contributed by atoms with van der Waals surface area (Å²) in [5, 5.41) is 8.31. The molecule has 0 unspecified atom stereocenters. The van der Waals surface area contributed by atoms with Gasteiger partial charge in [-0.2, -0.15) is 0 Å². The van der Waals surface area contributed by atoms with Crippen LogP contribution in [0.3, 0.4) is 0 Å². The van der Waals surface area contributed by atoms with Crippen molar-refractivity contribution in [2.45, 2.75) is 19.8 Å². The molecule has 1 aliphatic heterocycles. The lowest BCUT2D eigenvalue weighted by molar-refractivity contribution is -0.152. The number of aliphatic carboxylic acids is 1. The Bertz CT molecular complexity index is 310. The maximum atomic E-state index is 11.5. The number of nitrogens with one attached hydrogen (secondary N) is 1. The maximum Gasteiger partial charge on any atom is 0.332 e. The summed E-state index contributed by atoms with van der Waals surface area (Å²) in [4.78, 5) is 38.9. The Morgan fingerprint density at radius 1 is 1.35 bits per heavy atom. The van der Waals surface area contributed by atoms with Crippen LogP contribution in [0.1, 0.15) is 19.8 Å². The fourth-order valence-corrected chi connectivity index (χ4v) is 1.71. The molecule has 0 spiro atoms. The third kappa shape index (κ3) is 4.39. The zero-order valence-electron chi connectivity index (χ0n) is 9.64. The number of piperidine rings is 1. The van der Waals surface area contributed by atoms with Crippen molar-refractivity contribution in [1.29, 1.82) is 0 Å². The third-order valence-electron chi connectivity index (χ3n) is 2.68. The quantitative estimate of drug-likeness (QED) is 0.642. The van der Waals surface area contributed by atoms with Gasteiger partial charge in [-0.25, -0.2) is 10.3 Å². The van der Waals surface area contributed by atoms with E-state index in [1.165, 1.54) is 6.92 Å². The highest BCUT2D eigenvalue weighted by Crippen LogP contribution is 2.17. The molecular weight excluding hydrogens is 228 g/mol. The Balaban J connectivity index is 2.26. The van der Waals surface area contributed by atoms with Gasteiger partial charge in [-0.3, -0.25) is 14.4 Å². The number of likely N-dealkylation sites (tertiary alicyclic amines) is 1. The number of carboxylic acids is 1. The summed E-state index contributed by atoms with van der Waals surface area (Å²) >= 11 is 0. The lowest BCUT2D eigenvalue weighted by Gasteiger charge is -2.30. The molecule has 0 atom stereocenters. The Morgan fingerprint density at radius 2 is 1.94 bits per heavy atom. The summed E-state index contributed by atoms with van der Waals surface area (Å²) < 4.78 is 0. The SMILES string of the molecule is CC(=O)N1CCC(C(=O)NOCC(=O)O)CC1. The van der Waals surface area contributed by atoms with Crippen molar-refractivity contribution >= 4 is 17.8 Å². The van der Waals surface area contributed by atoms with Crippen molar-refractivity contribution < 1.29 is 24.3 Å². The summed E-state index contributed by atoms with van der Waals surface area (Å²) in [7, 11) is 0. The van der Waals surface area contributed by atoms with Crippen LogP contribution in [0.2, 0.25) is 0 Å². The van der Waals surface area contributed by atoms with Gasteiger partial charge < -0.3 is 10.0 Å². The molecule has 1 fully saturated rings. The summed E-state index contributed by atoms with van der Waals surface area (Å²) in [6.45, 7) is 2.03. The Hall–Kier alpha value is -1.63. The number of carboxylic acid groups (broad SMARTS) is 1. The molecular formula is C10H16N2O5. The lowest BCUT2D eigenvalue weighted by atomic mass is 9.96. The standard InChI is InChI=1S/C10H16N2O5/c1-7(13)12-4-2-8(3-5-12)10(16)11-17-6-9(14)15/h8H,2-6H2,1H3,(H,11,16)(H,14,15). The summed E-state index contributed by atoms with van der Waals surface area (Å²) in [6, 6.07) is 0. The third-order valence-corrected chi connectivity index (χ3v) is 2.68. The second kappa shape index (κ2) is 6.19. The number of rotatable bonds is 4. The normalized spacial score (nSPS) is 16.6. The van der Waals surface area contributed by atoms with E-state index in [-0.39, 0.29) is 17.7 Å². The first-order valence-corrected chi connectivity index (χ1v) is 5.39. The van der Waals surface area contributed by atoms with Gasteiger partial charge >= 0.3 is 5.97 Å². The monoisotopic (exact) mass is 244 g/mol. The molecule has 0 aromatic rings. The van der Waals surface area contributed by atoms with Crippen LogP contribution in [0.15, 0.2) is 0 Å². The molecule has 0 aromatic carbocycles. The van der Waals surface area contributed by atoms with Crippen molar-refractivity contribution in [3.05, 3.63) is 0 Å². The molecule has 0 saturated carbocycles. The number of amides is 2. The topological polar surface area (TPSA) is 95.9 Å². The molecule has 0 bridgehead atoms. The van der Waals surface area contributed by atoms with Crippen molar-refractivity contribution in [3.8, 4) is 0 Å². The predicted molar refractivity (Wildman–Crippen MR) is 56.7 cm³/mol. The fraction of sp³-hybridized carbons (Fsp3) is 0.700. The second-order valence-electron chi connectivity index (χ2n) is 3.93. The molecule has 96 valence electrons. The lowest BCUT2D eigenvalue weighted by Crippen LogP contribution is -2.42.